The van der Waals surface area contributed by atoms with E-state index in [4.69, 9.17) is 14.6 Å². The van der Waals surface area contributed by atoms with Crippen molar-refractivity contribution in [3.8, 4) is 17.2 Å². The highest BCUT2D eigenvalue weighted by molar-refractivity contribution is 5.73. The van der Waals surface area contributed by atoms with E-state index in [1.54, 1.807) is 38.1 Å². The standard InChI is InChI=1S/C17H18O4/c1-17(2,16(18)19)12-20-13-8-10-15(11-9-13)21-14-6-4-3-5-7-14/h3-11H,12H2,1-2H3,(H,18,19). The Morgan fingerprint density at radius 1 is 0.952 bits per heavy atom. The molecule has 0 aliphatic rings. The van der Waals surface area contributed by atoms with Crippen LogP contribution >= 0.6 is 0 Å². The van der Waals surface area contributed by atoms with E-state index in [2.05, 4.69) is 0 Å². The molecule has 4 nitrogen and oxygen atoms in total. The summed E-state index contributed by atoms with van der Waals surface area (Å²) in [4.78, 5) is 11.0. The normalized spacial score (nSPS) is 11.0. The van der Waals surface area contributed by atoms with Gasteiger partial charge in [0, 0.05) is 0 Å². The number of ether oxygens (including phenoxy) is 2. The summed E-state index contributed by atoms with van der Waals surface area (Å²) in [5.41, 5.74) is -0.917. The minimum absolute atomic E-state index is 0.112. The van der Waals surface area contributed by atoms with Crippen LogP contribution in [-0.4, -0.2) is 17.7 Å². The summed E-state index contributed by atoms with van der Waals surface area (Å²) >= 11 is 0. The summed E-state index contributed by atoms with van der Waals surface area (Å²) in [7, 11) is 0. The molecular weight excluding hydrogens is 268 g/mol. The number of carboxylic acid groups (broad SMARTS) is 1. The summed E-state index contributed by atoms with van der Waals surface area (Å²) in [6.45, 7) is 3.37. The number of carbonyl (C=O) groups is 1. The third kappa shape index (κ3) is 4.24. The van der Waals surface area contributed by atoms with Gasteiger partial charge in [0.15, 0.2) is 0 Å². The van der Waals surface area contributed by atoms with Gasteiger partial charge in [-0.05, 0) is 50.2 Å². The largest absolute Gasteiger partial charge is 0.492 e. The fourth-order valence-electron chi connectivity index (χ4n) is 1.55. The second-order valence-corrected chi connectivity index (χ2v) is 5.36. The molecule has 0 amide bonds. The predicted octanol–water partition coefficient (Wildman–Crippen LogP) is 3.97. The number of hydrogen-bond acceptors (Lipinski definition) is 3. The first-order valence-corrected chi connectivity index (χ1v) is 6.66. The summed E-state index contributed by atoms with van der Waals surface area (Å²) in [5, 5.41) is 9.03. The highest BCUT2D eigenvalue weighted by atomic mass is 16.5. The molecule has 0 aliphatic carbocycles. The van der Waals surface area contributed by atoms with Crippen LogP contribution in [0.2, 0.25) is 0 Å². The maximum absolute atomic E-state index is 11.0. The molecule has 4 heteroatoms. The first kappa shape index (κ1) is 14.9. The van der Waals surface area contributed by atoms with Gasteiger partial charge in [-0.1, -0.05) is 18.2 Å². The Morgan fingerprint density at radius 3 is 2.05 bits per heavy atom. The van der Waals surface area contributed by atoms with Gasteiger partial charge in [0.1, 0.15) is 23.9 Å². The minimum Gasteiger partial charge on any atom is -0.492 e. The Labute approximate surface area is 123 Å². The SMILES string of the molecule is CC(C)(COc1ccc(Oc2ccccc2)cc1)C(=O)O. The van der Waals surface area contributed by atoms with Crippen LogP contribution in [0.25, 0.3) is 0 Å². The van der Waals surface area contributed by atoms with Gasteiger partial charge in [0.05, 0.1) is 5.41 Å². The monoisotopic (exact) mass is 286 g/mol. The zero-order valence-electron chi connectivity index (χ0n) is 12.1. The van der Waals surface area contributed by atoms with E-state index in [1.807, 2.05) is 30.3 Å². The van der Waals surface area contributed by atoms with Crippen molar-refractivity contribution in [1.82, 2.24) is 0 Å². The average Bonchev–Trinajstić information content (AvgIpc) is 2.47. The maximum Gasteiger partial charge on any atom is 0.312 e. The molecule has 0 radical (unpaired) electrons. The van der Waals surface area contributed by atoms with Crippen LogP contribution in [-0.2, 0) is 4.79 Å². The molecular formula is C17H18O4. The van der Waals surface area contributed by atoms with Crippen molar-refractivity contribution in [2.24, 2.45) is 5.41 Å². The van der Waals surface area contributed by atoms with Crippen LogP contribution < -0.4 is 9.47 Å². The smallest absolute Gasteiger partial charge is 0.312 e. The molecule has 0 heterocycles. The minimum atomic E-state index is -0.917. The van der Waals surface area contributed by atoms with Crippen LogP contribution in [0.1, 0.15) is 13.8 Å². The summed E-state index contributed by atoms with van der Waals surface area (Å²) in [5.74, 6) is 1.19. The number of hydrogen-bond donors (Lipinski definition) is 1. The predicted molar refractivity (Wildman–Crippen MR) is 79.9 cm³/mol. The Kier molecular flexibility index (Phi) is 4.48. The van der Waals surface area contributed by atoms with Crippen molar-refractivity contribution in [3.63, 3.8) is 0 Å². The Bertz CT molecular complexity index is 588. The second kappa shape index (κ2) is 6.31. The molecule has 2 aromatic rings. The highest BCUT2D eigenvalue weighted by Gasteiger charge is 2.28. The summed E-state index contributed by atoms with van der Waals surface area (Å²) < 4.78 is 11.2. The number of rotatable bonds is 6. The molecule has 0 spiro atoms. The molecule has 0 unspecified atom stereocenters. The Morgan fingerprint density at radius 2 is 1.48 bits per heavy atom. The molecule has 0 atom stereocenters. The summed E-state index contributed by atoms with van der Waals surface area (Å²) in [6.07, 6.45) is 0. The second-order valence-electron chi connectivity index (χ2n) is 5.36. The van der Waals surface area contributed by atoms with Crippen LogP contribution in [0.15, 0.2) is 54.6 Å². The molecule has 21 heavy (non-hydrogen) atoms. The molecule has 0 saturated heterocycles. The quantitative estimate of drug-likeness (QED) is 0.873. The van der Waals surface area contributed by atoms with Crippen LogP contribution in [0.5, 0.6) is 17.2 Å². The van der Waals surface area contributed by atoms with Gasteiger partial charge < -0.3 is 14.6 Å². The number of para-hydroxylation sites is 1. The molecule has 0 aliphatic heterocycles. The van der Waals surface area contributed by atoms with E-state index in [0.717, 1.165) is 5.75 Å². The molecule has 2 aromatic carbocycles. The zero-order chi connectivity index (χ0) is 15.3. The number of aliphatic carboxylic acids is 1. The third-order valence-corrected chi connectivity index (χ3v) is 2.98. The van der Waals surface area contributed by atoms with Crippen molar-refractivity contribution in [3.05, 3.63) is 54.6 Å². The Hall–Kier alpha value is -2.49. The van der Waals surface area contributed by atoms with Crippen molar-refractivity contribution in [2.75, 3.05) is 6.61 Å². The van der Waals surface area contributed by atoms with Gasteiger partial charge in [0.2, 0.25) is 0 Å². The van der Waals surface area contributed by atoms with E-state index in [-0.39, 0.29) is 6.61 Å². The fourth-order valence-corrected chi connectivity index (χ4v) is 1.55. The lowest BCUT2D eigenvalue weighted by molar-refractivity contribution is -0.148. The molecule has 0 saturated carbocycles. The van der Waals surface area contributed by atoms with Gasteiger partial charge in [-0.2, -0.15) is 0 Å². The van der Waals surface area contributed by atoms with Crippen molar-refractivity contribution >= 4 is 5.97 Å². The highest BCUT2D eigenvalue weighted by Crippen LogP contribution is 2.25. The zero-order valence-corrected chi connectivity index (χ0v) is 12.1. The van der Waals surface area contributed by atoms with Gasteiger partial charge in [-0.15, -0.1) is 0 Å². The van der Waals surface area contributed by atoms with E-state index in [9.17, 15) is 4.79 Å². The van der Waals surface area contributed by atoms with Gasteiger partial charge in [-0.25, -0.2) is 0 Å². The molecule has 0 bridgehead atoms. The lowest BCUT2D eigenvalue weighted by atomic mass is 9.95. The van der Waals surface area contributed by atoms with Crippen molar-refractivity contribution in [1.29, 1.82) is 0 Å². The molecule has 0 aromatic heterocycles. The van der Waals surface area contributed by atoms with E-state index < -0.39 is 11.4 Å². The third-order valence-electron chi connectivity index (χ3n) is 2.98. The lowest BCUT2D eigenvalue weighted by Crippen LogP contribution is -2.30. The molecule has 2 rings (SSSR count). The number of carboxylic acids is 1. The van der Waals surface area contributed by atoms with E-state index >= 15 is 0 Å². The van der Waals surface area contributed by atoms with Crippen molar-refractivity contribution < 1.29 is 19.4 Å². The summed E-state index contributed by atoms with van der Waals surface area (Å²) in [6, 6.07) is 16.6. The average molecular weight is 286 g/mol. The van der Waals surface area contributed by atoms with Crippen molar-refractivity contribution in [2.45, 2.75) is 13.8 Å². The molecule has 1 N–H and O–H groups in total. The fraction of sp³-hybridized carbons (Fsp3) is 0.235. The maximum atomic E-state index is 11.0. The van der Waals surface area contributed by atoms with Gasteiger partial charge in [0.25, 0.3) is 0 Å². The molecule has 0 fully saturated rings. The Balaban J connectivity index is 1.95. The topological polar surface area (TPSA) is 55.8 Å². The van der Waals surface area contributed by atoms with E-state index in [0.29, 0.717) is 11.5 Å². The first-order valence-electron chi connectivity index (χ1n) is 6.66. The van der Waals surface area contributed by atoms with E-state index in [1.165, 1.54) is 0 Å². The molecule has 110 valence electrons. The van der Waals surface area contributed by atoms with Gasteiger partial charge >= 0.3 is 5.97 Å². The lowest BCUT2D eigenvalue weighted by Gasteiger charge is -2.19. The van der Waals surface area contributed by atoms with Crippen LogP contribution in [0.3, 0.4) is 0 Å². The number of benzene rings is 2. The van der Waals surface area contributed by atoms with Gasteiger partial charge in [-0.3, -0.25) is 4.79 Å². The first-order chi connectivity index (χ1) is 9.97. The van der Waals surface area contributed by atoms with Crippen LogP contribution in [0, 0.1) is 5.41 Å². The van der Waals surface area contributed by atoms with Crippen LogP contribution in [0.4, 0.5) is 0 Å².